The van der Waals surface area contributed by atoms with E-state index < -0.39 is 29.9 Å². The predicted octanol–water partition coefficient (Wildman–Crippen LogP) is 7.12. The fourth-order valence-electron chi connectivity index (χ4n) is 4.01. The van der Waals surface area contributed by atoms with Crippen molar-refractivity contribution in [1.82, 2.24) is 0 Å². The fraction of sp³-hybridized carbons (Fsp3) is 0.176. The van der Waals surface area contributed by atoms with Crippen LogP contribution < -0.4 is 14.4 Å². The fourth-order valence-corrected chi connectivity index (χ4v) is 4.01. The highest BCUT2D eigenvalue weighted by Crippen LogP contribution is 2.36. The van der Waals surface area contributed by atoms with E-state index in [0.717, 1.165) is 11.0 Å². The van der Waals surface area contributed by atoms with Crippen LogP contribution in [-0.4, -0.2) is 35.0 Å². The molecule has 0 fully saturated rings. The summed E-state index contributed by atoms with van der Waals surface area (Å²) in [6.45, 7) is 2.29. The van der Waals surface area contributed by atoms with Gasteiger partial charge < -0.3 is 28.8 Å². The van der Waals surface area contributed by atoms with Gasteiger partial charge in [-0.1, -0.05) is 91.0 Å². The van der Waals surface area contributed by atoms with Crippen LogP contribution in [0.3, 0.4) is 0 Å². The lowest BCUT2D eigenvalue weighted by Crippen LogP contribution is -2.53. The van der Waals surface area contributed by atoms with Gasteiger partial charge in [0.15, 0.2) is 11.5 Å². The van der Waals surface area contributed by atoms with E-state index in [4.69, 9.17) is 23.7 Å². The summed E-state index contributed by atoms with van der Waals surface area (Å²) in [5.74, 6) is -1.93. The molecule has 4 aromatic carbocycles. The molecule has 0 saturated carbocycles. The summed E-state index contributed by atoms with van der Waals surface area (Å²) in [4.78, 5) is 51.7. The highest BCUT2D eigenvalue weighted by Gasteiger charge is 2.41. The van der Waals surface area contributed by atoms with Gasteiger partial charge in [-0.15, -0.1) is 0 Å². The minimum absolute atomic E-state index is 0.0312. The van der Waals surface area contributed by atoms with Gasteiger partial charge in [-0.3, -0.25) is 4.90 Å². The number of hydrogen-bond donors (Lipinski definition) is 1. The molecule has 0 bridgehead atoms. The number of ether oxygens (including phenoxy) is 5. The Morgan fingerprint density at radius 1 is 0.600 bits per heavy atom. The third-order valence-electron chi connectivity index (χ3n) is 6.44. The van der Waals surface area contributed by atoms with Gasteiger partial charge in [-0.2, -0.15) is 0 Å². The van der Waals surface area contributed by atoms with Crippen LogP contribution in [0.5, 0.6) is 11.5 Å². The molecule has 0 aliphatic carbocycles. The van der Waals surface area contributed by atoms with Crippen molar-refractivity contribution in [2.24, 2.45) is 0 Å². The molecule has 1 amide bonds. The van der Waals surface area contributed by atoms with E-state index in [9.17, 15) is 24.3 Å². The van der Waals surface area contributed by atoms with Crippen LogP contribution in [0.1, 0.15) is 30.5 Å². The number of nitrogens with zero attached hydrogens (tertiary/aromatic N) is 1. The number of carbonyl (C=O) groups is 4. The summed E-state index contributed by atoms with van der Waals surface area (Å²) in [5.41, 5.74) is 0.236. The van der Waals surface area contributed by atoms with E-state index in [1.165, 1.54) is 26.0 Å². The lowest BCUT2D eigenvalue weighted by molar-refractivity contribution is -0.142. The maximum atomic E-state index is 13.3. The second-order valence-corrected chi connectivity index (χ2v) is 10.1. The molecule has 0 aliphatic rings. The van der Waals surface area contributed by atoms with Gasteiger partial charge in [0.25, 0.3) is 0 Å². The van der Waals surface area contributed by atoms with Crippen LogP contribution in [0.15, 0.2) is 109 Å². The molecule has 0 aromatic heterocycles. The van der Waals surface area contributed by atoms with Gasteiger partial charge in [0.1, 0.15) is 25.4 Å². The van der Waals surface area contributed by atoms with Crippen LogP contribution in [0.25, 0.3) is 0 Å². The van der Waals surface area contributed by atoms with Gasteiger partial charge in [-0.25, -0.2) is 19.2 Å². The molecule has 11 heteroatoms. The Hall–Kier alpha value is -5.84. The number of amides is 1. The van der Waals surface area contributed by atoms with Crippen molar-refractivity contribution in [2.75, 3.05) is 4.90 Å². The van der Waals surface area contributed by atoms with E-state index in [2.05, 4.69) is 0 Å². The number of benzene rings is 4. The second-order valence-electron chi connectivity index (χ2n) is 10.1. The minimum atomic E-state index is -1.82. The maximum absolute atomic E-state index is 13.3. The molecule has 0 unspecified atom stereocenters. The molecule has 0 aliphatic heterocycles. The summed E-state index contributed by atoms with van der Waals surface area (Å²) in [6, 6.07) is 30.3. The van der Waals surface area contributed by atoms with Crippen molar-refractivity contribution in [1.29, 1.82) is 0 Å². The van der Waals surface area contributed by atoms with Gasteiger partial charge in [-0.05, 0) is 42.7 Å². The molecule has 11 nitrogen and oxygen atoms in total. The molecule has 0 radical (unpaired) electrons. The topological polar surface area (TPSA) is 138 Å². The highest BCUT2D eigenvalue weighted by atomic mass is 16.7. The number of carboxylic acids is 1. The van der Waals surface area contributed by atoms with Crippen molar-refractivity contribution in [3.63, 3.8) is 0 Å². The number of carbonyl (C=O) groups excluding carboxylic acids is 3. The number of carboxylic acid groups (broad SMARTS) is 1. The number of hydrogen-bond acceptors (Lipinski definition) is 9. The first kappa shape index (κ1) is 32.1. The van der Waals surface area contributed by atoms with Crippen LogP contribution in [0.2, 0.25) is 0 Å². The summed E-state index contributed by atoms with van der Waals surface area (Å²) < 4.78 is 26.5. The first-order valence-corrected chi connectivity index (χ1v) is 13.8. The van der Waals surface area contributed by atoms with Crippen molar-refractivity contribution < 1.29 is 48.0 Å². The van der Waals surface area contributed by atoms with E-state index in [1.807, 2.05) is 12.1 Å². The van der Waals surface area contributed by atoms with Crippen molar-refractivity contribution in [3.8, 4) is 11.5 Å². The average molecular weight is 614 g/mol. The molecular formula is C34H31NO10. The number of aliphatic carboxylic acids is 1. The average Bonchev–Trinajstić information content (AvgIpc) is 3.04. The Morgan fingerprint density at radius 3 is 1.47 bits per heavy atom. The van der Waals surface area contributed by atoms with Crippen LogP contribution in [0.4, 0.5) is 20.1 Å². The monoisotopic (exact) mass is 613 g/mol. The smallest absolute Gasteiger partial charge is 0.480 e. The van der Waals surface area contributed by atoms with Crippen LogP contribution in [-0.2, 0) is 38.8 Å². The third kappa shape index (κ3) is 9.07. The molecule has 0 heterocycles. The van der Waals surface area contributed by atoms with Crippen molar-refractivity contribution >= 4 is 30.1 Å². The van der Waals surface area contributed by atoms with Gasteiger partial charge >= 0.3 is 24.4 Å². The van der Waals surface area contributed by atoms with E-state index >= 15 is 0 Å². The summed E-state index contributed by atoms with van der Waals surface area (Å²) in [6.07, 6.45) is -3.23. The highest BCUT2D eigenvalue weighted by molar-refractivity contribution is 5.98. The Morgan fingerprint density at radius 2 is 1.02 bits per heavy atom. The molecule has 4 aromatic rings. The van der Waals surface area contributed by atoms with Gasteiger partial charge in [0, 0.05) is 6.07 Å². The molecule has 1 N–H and O–H groups in total. The Bertz CT molecular complexity index is 1610. The Balaban J connectivity index is 1.60. The lowest BCUT2D eigenvalue weighted by atomic mass is 10.0. The van der Waals surface area contributed by atoms with Gasteiger partial charge in [0.05, 0.1) is 5.69 Å². The minimum Gasteiger partial charge on any atom is -0.480 e. The molecule has 4 rings (SSSR count). The first-order valence-electron chi connectivity index (χ1n) is 13.8. The SMILES string of the molecule is CC(C)(C(=O)O)N(C(=O)OCc1ccccc1)c1ccc(OC(=O)OCc2ccccc2)c(OC(=O)OCc2ccccc2)c1. The summed E-state index contributed by atoms with van der Waals surface area (Å²) >= 11 is 0. The van der Waals surface area contributed by atoms with E-state index in [-0.39, 0.29) is 37.0 Å². The van der Waals surface area contributed by atoms with Crippen LogP contribution >= 0.6 is 0 Å². The molecule has 0 atom stereocenters. The molecule has 232 valence electrons. The zero-order chi connectivity index (χ0) is 32.2. The van der Waals surface area contributed by atoms with Crippen molar-refractivity contribution in [3.05, 3.63) is 126 Å². The third-order valence-corrected chi connectivity index (χ3v) is 6.44. The second kappa shape index (κ2) is 15.1. The predicted molar refractivity (Wildman–Crippen MR) is 162 cm³/mol. The zero-order valence-corrected chi connectivity index (χ0v) is 24.6. The summed E-state index contributed by atoms with van der Waals surface area (Å²) in [5, 5.41) is 9.99. The Labute approximate surface area is 259 Å². The van der Waals surface area contributed by atoms with E-state index in [1.54, 1.807) is 78.9 Å². The molecule has 0 spiro atoms. The quantitative estimate of drug-likeness (QED) is 0.106. The standard InChI is InChI=1S/C34H31NO10/c1-34(2,30(36)37)35(31(38)41-21-24-12-6-3-7-13-24)27-18-19-28(44-32(39)42-22-25-14-8-4-9-15-25)29(20-27)45-33(40)43-23-26-16-10-5-11-17-26/h3-20H,21-23H2,1-2H3,(H,36,37). The number of rotatable bonds is 11. The number of anilines is 1. The van der Waals surface area contributed by atoms with Gasteiger partial charge in [0.2, 0.25) is 0 Å². The van der Waals surface area contributed by atoms with Crippen molar-refractivity contribution in [2.45, 2.75) is 39.2 Å². The lowest BCUT2D eigenvalue weighted by Gasteiger charge is -2.34. The summed E-state index contributed by atoms with van der Waals surface area (Å²) in [7, 11) is 0. The normalized spacial score (nSPS) is 10.7. The van der Waals surface area contributed by atoms with Crippen LogP contribution in [0, 0.1) is 0 Å². The maximum Gasteiger partial charge on any atom is 0.514 e. The largest absolute Gasteiger partial charge is 0.514 e. The molecule has 45 heavy (non-hydrogen) atoms. The van der Waals surface area contributed by atoms with E-state index in [0.29, 0.717) is 16.7 Å². The molecular weight excluding hydrogens is 582 g/mol. The molecule has 0 saturated heterocycles. The first-order chi connectivity index (χ1) is 21.6. The Kier molecular flexibility index (Phi) is 10.7. The zero-order valence-electron chi connectivity index (χ0n) is 24.6.